The monoisotopic (exact) mass is 434 g/mol. The SMILES string of the molecule is O=S(=O)([O-])c1cc2cccc(S(=O)(=O)[O-])c2cc1S(=O)(=O)[O-].[Na+].[Na+].[Na+]. The Labute approximate surface area is 210 Å². The summed E-state index contributed by atoms with van der Waals surface area (Å²) in [5.74, 6) is 0. The van der Waals surface area contributed by atoms with Crippen molar-refractivity contribution in [2.24, 2.45) is 0 Å². The first kappa shape index (κ1) is 28.6. The van der Waals surface area contributed by atoms with Gasteiger partial charge in [-0.05, 0) is 23.6 Å². The van der Waals surface area contributed by atoms with Gasteiger partial charge in [-0.1, -0.05) is 12.1 Å². The van der Waals surface area contributed by atoms with E-state index in [0.29, 0.717) is 12.1 Å². The standard InChI is InChI=1S/C10H8O9S3.3Na/c11-20(12,13)8-3-1-2-6-4-9(21(14,15)16)10(5-7(6)8)22(17,18)19;;;/h1-5H,(H,11,12,13)(H,14,15,16)(H,17,18,19);;;/q;3*+1/p-3. The summed E-state index contributed by atoms with van der Waals surface area (Å²) in [5.41, 5.74) is 0. The molecule has 0 N–H and O–H groups in total. The molecule has 120 valence electrons. The van der Waals surface area contributed by atoms with E-state index in [1.807, 2.05) is 0 Å². The largest absolute Gasteiger partial charge is 1.00 e. The average molecular weight is 434 g/mol. The van der Waals surface area contributed by atoms with Crippen LogP contribution in [0.4, 0.5) is 0 Å². The van der Waals surface area contributed by atoms with Gasteiger partial charge in [0.15, 0.2) is 0 Å². The van der Waals surface area contributed by atoms with Crippen molar-refractivity contribution in [1.29, 1.82) is 0 Å². The van der Waals surface area contributed by atoms with E-state index in [-0.39, 0.29) is 94.1 Å². The molecule has 0 unspecified atom stereocenters. The number of benzene rings is 2. The summed E-state index contributed by atoms with van der Waals surface area (Å²) >= 11 is 0. The second-order valence-corrected chi connectivity index (χ2v) is 8.18. The van der Waals surface area contributed by atoms with Crippen LogP contribution >= 0.6 is 0 Å². The second kappa shape index (κ2) is 9.76. The predicted octanol–water partition coefficient (Wildman–Crippen LogP) is -9.44. The van der Waals surface area contributed by atoms with Crippen molar-refractivity contribution in [3.05, 3.63) is 30.3 Å². The van der Waals surface area contributed by atoms with Gasteiger partial charge in [0.05, 0.1) is 14.7 Å². The van der Waals surface area contributed by atoms with E-state index in [1.165, 1.54) is 0 Å². The van der Waals surface area contributed by atoms with Crippen LogP contribution in [0, 0.1) is 0 Å². The summed E-state index contributed by atoms with van der Waals surface area (Å²) in [6.07, 6.45) is 0. The molecule has 0 aromatic heterocycles. The van der Waals surface area contributed by atoms with E-state index in [2.05, 4.69) is 0 Å². The van der Waals surface area contributed by atoms with Crippen LogP contribution in [0.25, 0.3) is 10.8 Å². The fraction of sp³-hybridized carbons (Fsp3) is 0. The molecule has 0 spiro atoms. The third-order valence-corrected chi connectivity index (χ3v) is 5.49. The Bertz CT molecular complexity index is 1090. The first-order valence-corrected chi connectivity index (χ1v) is 9.49. The Morgan fingerprint density at radius 1 is 0.600 bits per heavy atom. The van der Waals surface area contributed by atoms with Gasteiger partial charge >= 0.3 is 88.7 Å². The zero-order valence-electron chi connectivity index (χ0n) is 13.3. The van der Waals surface area contributed by atoms with Crippen molar-refractivity contribution in [3.8, 4) is 0 Å². The van der Waals surface area contributed by atoms with Gasteiger partial charge in [-0.15, -0.1) is 0 Å². The van der Waals surface area contributed by atoms with Crippen LogP contribution in [0.1, 0.15) is 0 Å². The van der Waals surface area contributed by atoms with E-state index in [9.17, 15) is 38.9 Å². The maximum atomic E-state index is 11.1. The summed E-state index contributed by atoms with van der Waals surface area (Å²) in [6, 6.07) is 4.04. The van der Waals surface area contributed by atoms with Crippen LogP contribution < -0.4 is 88.7 Å². The Kier molecular flexibility index (Phi) is 11.2. The van der Waals surface area contributed by atoms with Gasteiger partial charge in [-0.2, -0.15) is 0 Å². The molecule has 2 aromatic rings. The summed E-state index contributed by atoms with van der Waals surface area (Å²) in [6.45, 7) is 0. The summed E-state index contributed by atoms with van der Waals surface area (Å²) in [7, 11) is -15.7. The van der Waals surface area contributed by atoms with Crippen molar-refractivity contribution in [1.82, 2.24) is 0 Å². The van der Waals surface area contributed by atoms with E-state index < -0.39 is 50.4 Å². The third kappa shape index (κ3) is 6.76. The molecule has 0 aliphatic heterocycles. The molecule has 15 heteroatoms. The van der Waals surface area contributed by atoms with Crippen LogP contribution in [-0.2, 0) is 30.4 Å². The quantitative estimate of drug-likeness (QED) is 0.336. The molecule has 0 heterocycles. The van der Waals surface area contributed by atoms with Gasteiger partial charge in [0.25, 0.3) is 0 Å². The van der Waals surface area contributed by atoms with Gasteiger partial charge in [-0.3, -0.25) is 0 Å². The van der Waals surface area contributed by atoms with Crippen molar-refractivity contribution in [2.45, 2.75) is 14.7 Å². The van der Waals surface area contributed by atoms with E-state index in [4.69, 9.17) is 0 Å². The molecule has 0 radical (unpaired) electrons. The number of fused-ring (bicyclic) bond motifs is 1. The molecule has 0 saturated carbocycles. The molecule has 0 bridgehead atoms. The minimum absolute atomic E-state index is 0. The Hall–Kier alpha value is 1.43. The molecule has 2 aromatic carbocycles. The summed E-state index contributed by atoms with van der Waals surface area (Å²) < 4.78 is 100.0. The summed E-state index contributed by atoms with van der Waals surface area (Å²) in [5, 5.41) is -0.668. The second-order valence-electron chi connectivity index (χ2n) is 4.14. The van der Waals surface area contributed by atoms with Gasteiger partial charge < -0.3 is 13.7 Å². The summed E-state index contributed by atoms with van der Waals surface area (Å²) in [4.78, 5) is -3.56. The molecule has 0 amide bonds. The fourth-order valence-electron chi connectivity index (χ4n) is 1.86. The minimum atomic E-state index is -5.40. The molecular formula is C10H5Na3O9S3. The van der Waals surface area contributed by atoms with Gasteiger partial charge in [0.1, 0.15) is 30.4 Å². The van der Waals surface area contributed by atoms with Crippen LogP contribution in [0.5, 0.6) is 0 Å². The smallest absolute Gasteiger partial charge is 0.744 e. The first-order valence-electron chi connectivity index (χ1n) is 5.26. The molecule has 0 atom stereocenters. The normalized spacial score (nSPS) is 11.8. The van der Waals surface area contributed by atoms with Gasteiger partial charge in [-0.25, -0.2) is 25.3 Å². The third-order valence-electron chi connectivity index (χ3n) is 2.71. The Morgan fingerprint density at radius 3 is 1.40 bits per heavy atom. The molecule has 9 nitrogen and oxygen atoms in total. The van der Waals surface area contributed by atoms with Crippen LogP contribution in [0.15, 0.2) is 45.0 Å². The minimum Gasteiger partial charge on any atom is -0.744 e. The molecule has 25 heavy (non-hydrogen) atoms. The van der Waals surface area contributed by atoms with Crippen molar-refractivity contribution in [2.75, 3.05) is 0 Å². The molecule has 0 aliphatic rings. The van der Waals surface area contributed by atoms with E-state index in [1.54, 1.807) is 0 Å². The van der Waals surface area contributed by atoms with Crippen LogP contribution in [-0.4, -0.2) is 38.9 Å². The van der Waals surface area contributed by atoms with Gasteiger partial charge in [0, 0.05) is 5.39 Å². The Balaban J connectivity index is 0. The zero-order chi connectivity index (χ0) is 16.9. The zero-order valence-corrected chi connectivity index (χ0v) is 21.7. The molecule has 0 saturated heterocycles. The molecule has 0 aliphatic carbocycles. The van der Waals surface area contributed by atoms with E-state index in [0.717, 1.165) is 18.2 Å². The van der Waals surface area contributed by atoms with Crippen LogP contribution in [0.2, 0.25) is 0 Å². The number of rotatable bonds is 3. The number of hydrogen-bond donors (Lipinski definition) is 0. The predicted molar refractivity (Wildman–Crippen MR) is 67.8 cm³/mol. The van der Waals surface area contributed by atoms with Gasteiger partial charge in [0.2, 0.25) is 0 Å². The topological polar surface area (TPSA) is 172 Å². The molecule has 0 fully saturated rings. The maximum absolute atomic E-state index is 11.1. The number of hydrogen-bond acceptors (Lipinski definition) is 9. The molecular weight excluding hydrogens is 429 g/mol. The van der Waals surface area contributed by atoms with Crippen LogP contribution in [0.3, 0.4) is 0 Å². The molecule has 2 rings (SSSR count). The van der Waals surface area contributed by atoms with E-state index >= 15 is 0 Å². The average Bonchev–Trinajstić information content (AvgIpc) is 2.33. The van der Waals surface area contributed by atoms with Crippen molar-refractivity contribution < 1.29 is 128 Å². The first-order chi connectivity index (χ1) is 9.82. The fourth-order valence-corrected chi connectivity index (χ4v) is 4.31. The maximum Gasteiger partial charge on any atom is 1.00 e. The Morgan fingerprint density at radius 2 is 1.00 bits per heavy atom. The van der Waals surface area contributed by atoms with Crippen molar-refractivity contribution >= 4 is 41.1 Å². The van der Waals surface area contributed by atoms with Crippen molar-refractivity contribution in [3.63, 3.8) is 0 Å².